The van der Waals surface area contributed by atoms with Crippen LogP contribution >= 0.6 is 15.9 Å². The van der Waals surface area contributed by atoms with Crippen molar-refractivity contribution in [2.75, 3.05) is 52.4 Å². The second-order valence-corrected chi connectivity index (χ2v) is 8.26. The average molecular weight is 464 g/mol. The number of nitrogens with zero attached hydrogens (tertiary/aromatic N) is 2. The van der Waals surface area contributed by atoms with Crippen LogP contribution in [0.3, 0.4) is 0 Å². The maximum absolute atomic E-state index is 12.8. The van der Waals surface area contributed by atoms with E-state index in [0.29, 0.717) is 6.54 Å². The zero-order valence-electron chi connectivity index (χ0n) is 16.9. The fourth-order valence-electron chi connectivity index (χ4n) is 4.28. The summed E-state index contributed by atoms with van der Waals surface area (Å²) in [7, 11) is 4.94. The molecule has 0 bridgehead atoms. The summed E-state index contributed by atoms with van der Waals surface area (Å²) in [6.07, 6.45) is 0. The molecule has 29 heavy (non-hydrogen) atoms. The van der Waals surface area contributed by atoms with Gasteiger partial charge in [-0.3, -0.25) is 4.90 Å². The molecule has 1 fully saturated rings. The highest BCUT2D eigenvalue weighted by Crippen LogP contribution is 2.38. The maximum Gasteiger partial charge on any atom is 0.161 e. The van der Waals surface area contributed by atoms with Gasteiger partial charge in [-0.1, -0.05) is 6.07 Å². The molecule has 2 heterocycles. The first kappa shape index (κ1) is 20.3. The molecule has 2 aliphatic rings. The molecule has 8 heteroatoms. The van der Waals surface area contributed by atoms with Gasteiger partial charge in [0.05, 0.1) is 31.8 Å². The van der Waals surface area contributed by atoms with Crippen molar-refractivity contribution in [3.05, 3.63) is 45.6 Å². The lowest BCUT2D eigenvalue weighted by Crippen LogP contribution is -3.05. The molecule has 1 saturated heterocycles. The van der Waals surface area contributed by atoms with Crippen LogP contribution < -0.4 is 24.2 Å². The number of methoxy groups -OCH3 is 3. The van der Waals surface area contributed by atoms with E-state index in [2.05, 4.69) is 31.8 Å². The van der Waals surface area contributed by atoms with Crippen molar-refractivity contribution in [1.29, 1.82) is 0 Å². The number of hydrogen-bond donors (Lipinski definition) is 1. The van der Waals surface area contributed by atoms with Crippen LogP contribution in [0.4, 0.5) is 11.4 Å². The summed E-state index contributed by atoms with van der Waals surface area (Å²) < 4.78 is 17.0. The summed E-state index contributed by atoms with van der Waals surface area (Å²) in [5, 5.41) is 13.0. The van der Waals surface area contributed by atoms with Crippen LogP contribution in [-0.2, 0) is 6.54 Å². The largest absolute Gasteiger partial charge is 0.629 e. The smallest absolute Gasteiger partial charge is 0.161 e. The Morgan fingerprint density at radius 3 is 2.52 bits per heavy atom. The monoisotopic (exact) mass is 463 g/mol. The van der Waals surface area contributed by atoms with Gasteiger partial charge in [0.2, 0.25) is 0 Å². The van der Waals surface area contributed by atoms with Crippen molar-refractivity contribution in [1.82, 2.24) is 4.90 Å². The lowest BCUT2D eigenvalue weighted by atomic mass is 10.0. The van der Waals surface area contributed by atoms with E-state index in [1.807, 2.05) is 24.3 Å². The second-order valence-electron chi connectivity index (χ2n) is 7.40. The van der Waals surface area contributed by atoms with Crippen LogP contribution in [0.25, 0.3) is 0 Å². The normalized spacial score (nSPS) is 21.3. The van der Waals surface area contributed by atoms with E-state index in [1.54, 1.807) is 21.3 Å². The number of nitrogens with one attached hydrogen (secondary N) is 1. The third-order valence-electron chi connectivity index (χ3n) is 5.72. The molecule has 0 amide bonds. The van der Waals surface area contributed by atoms with Gasteiger partial charge in [-0.15, -0.1) is 0 Å². The first-order valence-corrected chi connectivity index (χ1v) is 10.4. The van der Waals surface area contributed by atoms with E-state index in [0.717, 1.165) is 59.3 Å². The van der Waals surface area contributed by atoms with Crippen molar-refractivity contribution < 1.29 is 19.3 Å². The van der Waals surface area contributed by atoms with E-state index >= 15 is 0 Å². The number of hydrogen-bond acceptors (Lipinski definition) is 6. The summed E-state index contributed by atoms with van der Waals surface area (Å²) in [6, 6.07) is 10.1. The minimum Gasteiger partial charge on any atom is -0.629 e. The van der Waals surface area contributed by atoms with Gasteiger partial charge in [0.1, 0.15) is 18.0 Å². The highest BCUT2D eigenvalue weighted by molar-refractivity contribution is 9.10. The fraction of sp³-hybridized carbons (Fsp3) is 0.429. The van der Waals surface area contributed by atoms with E-state index in [4.69, 9.17) is 14.2 Å². The van der Waals surface area contributed by atoms with Crippen LogP contribution in [0.5, 0.6) is 17.2 Å². The van der Waals surface area contributed by atoms with Gasteiger partial charge in [-0.05, 0) is 33.6 Å². The molecule has 156 valence electrons. The topological polar surface area (TPSA) is 61.7 Å². The Morgan fingerprint density at radius 2 is 1.79 bits per heavy atom. The van der Waals surface area contributed by atoms with Crippen molar-refractivity contribution in [3.63, 3.8) is 0 Å². The minimum atomic E-state index is 0.176. The quantitative estimate of drug-likeness (QED) is 0.685. The Kier molecular flexibility index (Phi) is 5.87. The van der Waals surface area contributed by atoms with Crippen LogP contribution in [-0.4, -0.2) is 58.5 Å². The zero-order valence-corrected chi connectivity index (χ0v) is 18.5. The van der Waals surface area contributed by atoms with Crippen LogP contribution in [0.1, 0.15) is 5.56 Å². The van der Waals surface area contributed by atoms with Gasteiger partial charge in [-0.2, -0.15) is 0 Å². The Bertz CT molecular complexity index is 894. The summed E-state index contributed by atoms with van der Waals surface area (Å²) in [5.74, 6) is 2.23. The molecular weight excluding hydrogens is 438 g/mol. The molecule has 0 spiro atoms. The van der Waals surface area contributed by atoms with E-state index in [1.165, 1.54) is 5.56 Å². The molecule has 7 nitrogen and oxygen atoms in total. The van der Waals surface area contributed by atoms with Crippen molar-refractivity contribution in [2.24, 2.45) is 0 Å². The van der Waals surface area contributed by atoms with Gasteiger partial charge in [-0.25, -0.2) is 0 Å². The van der Waals surface area contributed by atoms with Crippen molar-refractivity contribution in [2.45, 2.75) is 12.6 Å². The molecule has 2 unspecified atom stereocenters. The number of halogens is 1. The molecule has 2 aliphatic heterocycles. The number of benzene rings is 2. The number of anilines is 1. The van der Waals surface area contributed by atoms with E-state index < -0.39 is 0 Å². The minimum absolute atomic E-state index is 0.176. The van der Waals surface area contributed by atoms with Gasteiger partial charge >= 0.3 is 0 Å². The lowest BCUT2D eigenvalue weighted by molar-refractivity contribution is -0.779. The summed E-state index contributed by atoms with van der Waals surface area (Å²) in [6.45, 7) is 4.00. The Hall–Kier alpha value is -2.00. The SMILES string of the molecule is COc1cc2c(cc1Br)[NH+]([O-])CC1CN(Cc3ccc(OC)c(OC)c3)CCN21. The summed E-state index contributed by atoms with van der Waals surface area (Å²) >= 11 is 3.50. The molecule has 0 radical (unpaired) electrons. The van der Waals surface area contributed by atoms with Crippen LogP contribution in [0.15, 0.2) is 34.8 Å². The van der Waals surface area contributed by atoms with Gasteiger partial charge < -0.3 is 29.4 Å². The van der Waals surface area contributed by atoms with Crippen LogP contribution in [0.2, 0.25) is 0 Å². The first-order valence-electron chi connectivity index (χ1n) is 9.64. The predicted molar refractivity (Wildman–Crippen MR) is 116 cm³/mol. The molecule has 0 aromatic heterocycles. The Morgan fingerprint density at radius 1 is 1.03 bits per heavy atom. The lowest BCUT2D eigenvalue weighted by Gasteiger charge is -2.48. The Labute approximate surface area is 179 Å². The third-order valence-corrected chi connectivity index (χ3v) is 6.34. The number of piperazine rings is 1. The third kappa shape index (κ3) is 3.90. The molecule has 4 rings (SSSR count). The number of quaternary nitrogens is 1. The van der Waals surface area contributed by atoms with E-state index in [9.17, 15) is 5.21 Å². The second kappa shape index (κ2) is 8.39. The molecule has 2 aromatic rings. The average Bonchev–Trinajstić information content (AvgIpc) is 2.73. The molecule has 1 N–H and O–H groups in total. The van der Waals surface area contributed by atoms with Crippen LogP contribution in [0, 0.1) is 5.21 Å². The van der Waals surface area contributed by atoms with Gasteiger partial charge in [0.15, 0.2) is 17.2 Å². The summed E-state index contributed by atoms with van der Waals surface area (Å²) in [4.78, 5) is 4.76. The fourth-order valence-corrected chi connectivity index (χ4v) is 4.78. The number of ether oxygens (including phenoxy) is 3. The Balaban J connectivity index is 1.51. The molecular formula is C21H26BrN3O4. The number of hydroxylamine groups is 1. The maximum atomic E-state index is 12.8. The van der Waals surface area contributed by atoms with Crippen molar-refractivity contribution in [3.8, 4) is 17.2 Å². The first-order chi connectivity index (χ1) is 14.0. The highest BCUT2D eigenvalue weighted by atomic mass is 79.9. The van der Waals surface area contributed by atoms with Gasteiger partial charge in [0.25, 0.3) is 0 Å². The van der Waals surface area contributed by atoms with Crippen molar-refractivity contribution >= 4 is 27.3 Å². The molecule has 2 atom stereocenters. The van der Waals surface area contributed by atoms with E-state index in [-0.39, 0.29) is 11.1 Å². The number of rotatable bonds is 5. The predicted octanol–water partition coefficient (Wildman–Crippen LogP) is 2.19. The molecule has 2 aromatic carbocycles. The summed E-state index contributed by atoms with van der Waals surface area (Å²) in [5.41, 5.74) is 2.93. The zero-order chi connectivity index (χ0) is 20.5. The number of fused-ring (bicyclic) bond motifs is 3. The van der Waals surface area contributed by atoms with Gasteiger partial charge in [0, 0.05) is 38.3 Å². The standard InChI is InChI=1S/C21H26BrN3O4/c1-27-19-5-4-14(8-21(19)29-3)11-23-6-7-24-15(12-23)13-25(26)18-9-16(22)20(28-2)10-17(18)24/h4-5,8-10,15,25H,6-7,11-13H2,1-3H3. The molecule has 0 saturated carbocycles. The molecule has 0 aliphatic carbocycles. The highest BCUT2D eigenvalue weighted by Gasteiger charge is 2.36.